The van der Waals surface area contributed by atoms with Crippen LogP contribution in [0.1, 0.15) is 30.6 Å². The molecule has 0 radical (unpaired) electrons. The lowest BCUT2D eigenvalue weighted by atomic mass is 10.1. The molecule has 134 valence electrons. The molecule has 0 aliphatic carbocycles. The lowest BCUT2D eigenvalue weighted by molar-refractivity contribution is 0.102. The number of carbonyl (C=O) groups excluding carboxylic acids is 1. The van der Waals surface area contributed by atoms with Gasteiger partial charge < -0.3 is 10.2 Å². The minimum absolute atomic E-state index is 0.170. The minimum atomic E-state index is -0.170. The van der Waals surface area contributed by atoms with Crippen molar-refractivity contribution in [2.45, 2.75) is 20.3 Å². The molecular weight excluding hydrogens is 326 g/mol. The van der Waals surface area contributed by atoms with Crippen molar-refractivity contribution in [3.05, 3.63) is 66.6 Å². The fraction of sp³-hybridized carbons (Fsp3) is 0.250. The van der Waals surface area contributed by atoms with Crippen LogP contribution < -0.4 is 10.2 Å². The molecule has 2 aromatic heterocycles. The van der Waals surface area contributed by atoms with Crippen molar-refractivity contribution in [2.75, 3.05) is 23.3 Å². The number of hydrogen-bond donors (Lipinski definition) is 1. The first-order valence-electron chi connectivity index (χ1n) is 8.84. The minimum Gasteiger partial charge on any atom is -0.372 e. The highest BCUT2D eigenvalue weighted by atomic mass is 16.1. The Morgan fingerprint density at radius 2 is 1.92 bits per heavy atom. The SMILES string of the molecule is CCCN(CC)c1ccc(C(=O)Nc2cccnc2-n2cccn2)cc1. The molecule has 2 heterocycles. The van der Waals surface area contributed by atoms with Crippen molar-refractivity contribution in [3.63, 3.8) is 0 Å². The topological polar surface area (TPSA) is 63.1 Å². The molecule has 6 heteroatoms. The Labute approximate surface area is 153 Å². The predicted octanol–water partition coefficient (Wildman–Crippen LogP) is 3.76. The van der Waals surface area contributed by atoms with Crippen LogP contribution >= 0.6 is 0 Å². The van der Waals surface area contributed by atoms with E-state index in [-0.39, 0.29) is 5.91 Å². The highest BCUT2D eigenvalue weighted by molar-refractivity contribution is 6.05. The van der Waals surface area contributed by atoms with Gasteiger partial charge in [-0.15, -0.1) is 0 Å². The zero-order valence-electron chi connectivity index (χ0n) is 15.1. The lowest BCUT2D eigenvalue weighted by Gasteiger charge is -2.22. The number of nitrogens with one attached hydrogen (secondary N) is 1. The van der Waals surface area contributed by atoms with Gasteiger partial charge in [-0.05, 0) is 55.8 Å². The summed E-state index contributed by atoms with van der Waals surface area (Å²) in [6.07, 6.45) is 6.23. The van der Waals surface area contributed by atoms with E-state index in [0.717, 1.165) is 25.2 Å². The number of rotatable bonds is 7. The maximum Gasteiger partial charge on any atom is 0.255 e. The number of hydrogen-bond acceptors (Lipinski definition) is 4. The van der Waals surface area contributed by atoms with Gasteiger partial charge in [0.15, 0.2) is 5.82 Å². The molecule has 0 aliphatic heterocycles. The average Bonchev–Trinajstić information content (AvgIpc) is 3.21. The van der Waals surface area contributed by atoms with Crippen LogP contribution in [0, 0.1) is 0 Å². The Kier molecular flexibility index (Phi) is 5.63. The second-order valence-electron chi connectivity index (χ2n) is 5.91. The quantitative estimate of drug-likeness (QED) is 0.705. The Bertz CT molecular complexity index is 843. The molecule has 0 atom stereocenters. The van der Waals surface area contributed by atoms with E-state index in [0.29, 0.717) is 17.1 Å². The first kappa shape index (κ1) is 17.7. The van der Waals surface area contributed by atoms with Crippen molar-refractivity contribution < 1.29 is 4.79 Å². The van der Waals surface area contributed by atoms with Crippen LogP contribution in [0.25, 0.3) is 5.82 Å². The molecule has 0 unspecified atom stereocenters. The molecule has 0 fully saturated rings. The highest BCUT2D eigenvalue weighted by Gasteiger charge is 2.12. The zero-order valence-corrected chi connectivity index (χ0v) is 15.1. The number of carbonyl (C=O) groups is 1. The zero-order chi connectivity index (χ0) is 18.4. The molecule has 0 bridgehead atoms. The largest absolute Gasteiger partial charge is 0.372 e. The molecule has 6 nitrogen and oxygen atoms in total. The third-order valence-corrected chi connectivity index (χ3v) is 4.13. The molecular formula is C20H23N5O. The van der Waals surface area contributed by atoms with E-state index < -0.39 is 0 Å². The summed E-state index contributed by atoms with van der Waals surface area (Å²) in [5, 5.41) is 7.11. The molecule has 26 heavy (non-hydrogen) atoms. The van der Waals surface area contributed by atoms with Gasteiger partial charge in [-0.2, -0.15) is 5.10 Å². The summed E-state index contributed by atoms with van der Waals surface area (Å²) in [6.45, 7) is 6.25. The van der Waals surface area contributed by atoms with Gasteiger partial charge >= 0.3 is 0 Å². The fourth-order valence-corrected chi connectivity index (χ4v) is 2.83. The number of pyridine rings is 1. The first-order chi connectivity index (χ1) is 12.7. The van der Waals surface area contributed by atoms with E-state index in [1.807, 2.05) is 36.4 Å². The Morgan fingerprint density at radius 1 is 1.12 bits per heavy atom. The summed E-state index contributed by atoms with van der Waals surface area (Å²) >= 11 is 0. The summed E-state index contributed by atoms with van der Waals surface area (Å²) in [5.41, 5.74) is 2.35. The molecule has 1 N–H and O–H groups in total. The van der Waals surface area contributed by atoms with Crippen molar-refractivity contribution in [1.82, 2.24) is 14.8 Å². The lowest BCUT2D eigenvalue weighted by Crippen LogP contribution is -2.23. The second kappa shape index (κ2) is 8.29. The normalized spacial score (nSPS) is 10.5. The predicted molar refractivity (Wildman–Crippen MR) is 104 cm³/mol. The van der Waals surface area contributed by atoms with Crippen molar-refractivity contribution in [1.29, 1.82) is 0 Å². The van der Waals surface area contributed by atoms with Crippen LogP contribution in [0.3, 0.4) is 0 Å². The smallest absolute Gasteiger partial charge is 0.255 e. The number of benzene rings is 1. The van der Waals surface area contributed by atoms with Gasteiger partial charge in [-0.1, -0.05) is 6.92 Å². The van der Waals surface area contributed by atoms with Crippen molar-refractivity contribution in [3.8, 4) is 5.82 Å². The van der Waals surface area contributed by atoms with Crippen LogP contribution in [0.4, 0.5) is 11.4 Å². The van der Waals surface area contributed by atoms with Gasteiger partial charge in [0.2, 0.25) is 0 Å². The molecule has 1 aromatic carbocycles. The van der Waals surface area contributed by atoms with Crippen LogP contribution in [-0.4, -0.2) is 33.8 Å². The summed E-state index contributed by atoms with van der Waals surface area (Å²) in [5.74, 6) is 0.416. The van der Waals surface area contributed by atoms with E-state index in [1.165, 1.54) is 0 Å². The van der Waals surface area contributed by atoms with Gasteiger partial charge in [0.05, 0.1) is 5.69 Å². The molecule has 0 saturated carbocycles. The summed E-state index contributed by atoms with van der Waals surface area (Å²) in [6, 6.07) is 13.1. The maximum absolute atomic E-state index is 12.6. The van der Waals surface area contributed by atoms with Gasteiger partial charge in [0.25, 0.3) is 5.91 Å². The highest BCUT2D eigenvalue weighted by Crippen LogP contribution is 2.19. The van der Waals surface area contributed by atoms with Gasteiger partial charge in [-0.25, -0.2) is 9.67 Å². The van der Waals surface area contributed by atoms with E-state index in [1.54, 1.807) is 29.3 Å². The van der Waals surface area contributed by atoms with E-state index >= 15 is 0 Å². The third kappa shape index (κ3) is 3.91. The second-order valence-corrected chi connectivity index (χ2v) is 5.91. The molecule has 0 aliphatic rings. The first-order valence-corrected chi connectivity index (χ1v) is 8.84. The fourth-order valence-electron chi connectivity index (χ4n) is 2.83. The van der Waals surface area contributed by atoms with Crippen molar-refractivity contribution >= 4 is 17.3 Å². The number of aromatic nitrogens is 3. The Morgan fingerprint density at radius 3 is 2.58 bits per heavy atom. The Hall–Kier alpha value is -3.15. The number of amides is 1. The van der Waals surface area contributed by atoms with Gasteiger partial charge in [0.1, 0.15) is 0 Å². The molecule has 0 saturated heterocycles. The average molecular weight is 349 g/mol. The third-order valence-electron chi connectivity index (χ3n) is 4.13. The molecule has 3 aromatic rings. The summed E-state index contributed by atoms with van der Waals surface area (Å²) in [7, 11) is 0. The summed E-state index contributed by atoms with van der Waals surface area (Å²) in [4.78, 5) is 19.2. The van der Waals surface area contributed by atoms with E-state index in [9.17, 15) is 4.79 Å². The number of anilines is 2. The monoisotopic (exact) mass is 349 g/mol. The van der Waals surface area contributed by atoms with Gasteiger partial charge in [0, 0.05) is 42.9 Å². The molecule has 0 spiro atoms. The van der Waals surface area contributed by atoms with Crippen LogP contribution in [0.15, 0.2) is 61.1 Å². The standard InChI is InChI=1S/C20H23N5O/c1-3-14-24(4-2)17-10-8-16(9-11-17)20(26)23-18-7-5-12-21-19(18)25-15-6-13-22-25/h5-13,15H,3-4,14H2,1-2H3,(H,23,26). The van der Waals surface area contributed by atoms with Gasteiger partial charge in [-0.3, -0.25) is 4.79 Å². The van der Waals surface area contributed by atoms with E-state index in [2.05, 4.69) is 34.1 Å². The number of nitrogens with zero attached hydrogens (tertiary/aromatic N) is 4. The van der Waals surface area contributed by atoms with E-state index in [4.69, 9.17) is 0 Å². The van der Waals surface area contributed by atoms with Crippen molar-refractivity contribution in [2.24, 2.45) is 0 Å². The van der Waals surface area contributed by atoms with Crippen LogP contribution in [0.2, 0.25) is 0 Å². The molecule has 1 amide bonds. The molecule has 3 rings (SSSR count). The van der Waals surface area contributed by atoms with Crippen LogP contribution in [-0.2, 0) is 0 Å². The van der Waals surface area contributed by atoms with Crippen LogP contribution in [0.5, 0.6) is 0 Å². The summed E-state index contributed by atoms with van der Waals surface area (Å²) < 4.78 is 1.63. The Balaban J connectivity index is 1.77. The maximum atomic E-state index is 12.6.